The van der Waals surface area contributed by atoms with Crippen LogP contribution in [0.4, 0.5) is 29.3 Å². The first-order valence-corrected chi connectivity index (χ1v) is 9.51. The minimum Gasteiger partial charge on any atom is -0.481 e. The third kappa shape index (κ3) is 5.74. The summed E-state index contributed by atoms with van der Waals surface area (Å²) in [4.78, 5) is 37.4. The number of anilines is 2. The van der Waals surface area contributed by atoms with Crippen molar-refractivity contribution in [3.63, 3.8) is 0 Å². The number of hydrogen-bond acceptors (Lipinski definition) is 3. The van der Waals surface area contributed by atoms with E-state index in [2.05, 4.69) is 10.6 Å². The number of urea groups is 1. The molecule has 1 aliphatic heterocycles. The number of carboxylic acid groups (broad SMARTS) is 1. The van der Waals surface area contributed by atoms with E-state index in [4.69, 9.17) is 5.11 Å². The van der Waals surface area contributed by atoms with Crippen molar-refractivity contribution in [1.29, 1.82) is 0 Å². The average molecular weight is 435 g/mol. The maximum Gasteiger partial charge on any atom is 0.416 e. The Labute approximate surface area is 175 Å². The first-order chi connectivity index (χ1) is 14.6. The summed E-state index contributed by atoms with van der Waals surface area (Å²) in [6.07, 6.45) is -3.69. The number of rotatable bonds is 4. The molecular weight excluding hydrogens is 415 g/mol. The van der Waals surface area contributed by atoms with Gasteiger partial charge in [0.2, 0.25) is 0 Å². The Balaban J connectivity index is 1.59. The summed E-state index contributed by atoms with van der Waals surface area (Å²) >= 11 is 0. The van der Waals surface area contributed by atoms with Crippen LogP contribution in [0.3, 0.4) is 0 Å². The maximum atomic E-state index is 12.7. The number of carbonyl (C=O) groups excluding carboxylic acids is 2. The third-order valence-corrected chi connectivity index (χ3v) is 4.97. The second-order valence-corrected chi connectivity index (χ2v) is 7.14. The van der Waals surface area contributed by atoms with Crippen LogP contribution in [0.1, 0.15) is 28.8 Å². The lowest BCUT2D eigenvalue weighted by atomic mass is 9.96. The van der Waals surface area contributed by atoms with Gasteiger partial charge >= 0.3 is 18.2 Å². The van der Waals surface area contributed by atoms with Crippen LogP contribution >= 0.6 is 0 Å². The number of halogens is 3. The fraction of sp³-hybridized carbons (Fsp3) is 0.286. The molecule has 164 valence electrons. The molecule has 0 bridgehead atoms. The Hall–Kier alpha value is -3.56. The molecule has 1 heterocycles. The molecule has 2 aromatic carbocycles. The second-order valence-electron chi connectivity index (χ2n) is 7.14. The van der Waals surface area contributed by atoms with Crippen molar-refractivity contribution in [3.8, 4) is 0 Å². The second kappa shape index (κ2) is 9.07. The highest BCUT2D eigenvalue weighted by atomic mass is 19.4. The molecule has 0 aliphatic carbocycles. The number of piperidine rings is 1. The molecule has 31 heavy (non-hydrogen) atoms. The Kier molecular flexibility index (Phi) is 6.47. The summed E-state index contributed by atoms with van der Waals surface area (Å²) in [5.74, 6) is -1.58. The SMILES string of the molecule is O=C(Nc1ccc(C(F)(F)F)cc1)Nc1cccc(C(=O)N2CCC(C(=O)O)CC2)c1. The summed E-state index contributed by atoms with van der Waals surface area (Å²) < 4.78 is 37.8. The van der Waals surface area contributed by atoms with Gasteiger partial charge in [0.1, 0.15) is 0 Å². The predicted molar refractivity (Wildman–Crippen MR) is 107 cm³/mol. The first-order valence-electron chi connectivity index (χ1n) is 9.51. The van der Waals surface area contributed by atoms with Gasteiger partial charge in [-0.2, -0.15) is 13.2 Å². The van der Waals surface area contributed by atoms with Gasteiger partial charge in [-0.05, 0) is 55.3 Å². The molecule has 0 atom stereocenters. The molecule has 10 heteroatoms. The number of hydrogen-bond donors (Lipinski definition) is 3. The fourth-order valence-electron chi connectivity index (χ4n) is 3.28. The highest BCUT2D eigenvalue weighted by Crippen LogP contribution is 2.29. The number of alkyl halides is 3. The van der Waals surface area contributed by atoms with E-state index in [1.54, 1.807) is 23.1 Å². The van der Waals surface area contributed by atoms with Crippen LogP contribution < -0.4 is 10.6 Å². The number of nitrogens with zero attached hydrogens (tertiary/aromatic N) is 1. The minimum absolute atomic E-state index is 0.180. The zero-order valence-electron chi connectivity index (χ0n) is 16.3. The summed E-state index contributed by atoms with van der Waals surface area (Å²) in [5.41, 5.74) is 0.0212. The number of carboxylic acids is 1. The number of carbonyl (C=O) groups is 3. The average Bonchev–Trinajstić information content (AvgIpc) is 2.73. The topological polar surface area (TPSA) is 98.7 Å². The van der Waals surface area contributed by atoms with Crippen molar-refractivity contribution in [2.45, 2.75) is 19.0 Å². The Morgan fingerprint density at radius 1 is 0.935 bits per heavy atom. The number of likely N-dealkylation sites (tertiary alicyclic amines) is 1. The highest BCUT2D eigenvalue weighted by Gasteiger charge is 2.30. The molecule has 1 aliphatic rings. The number of amides is 3. The molecular formula is C21H20F3N3O4. The predicted octanol–water partition coefficient (Wildman–Crippen LogP) is 4.29. The lowest BCUT2D eigenvalue weighted by Gasteiger charge is -2.30. The van der Waals surface area contributed by atoms with Crippen LogP contribution in [0.15, 0.2) is 48.5 Å². The summed E-state index contributed by atoms with van der Waals surface area (Å²) in [6.45, 7) is 0.670. The quantitative estimate of drug-likeness (QED) is 0.667. The van der Waals surface area contributed by atoms with Crippen LogP contribution in [0.5, 0.6) is 0 Å². The van der Waals surface area contributed by atoms with Gasteiger partial charge < -0.3 is 20.6 Å². The van der Waals surface area contributed by atoms with Gasteiger partial charge in [-0.1, -0.05) is 6.07 Å². The van der Waals surface area contributed by atoms with Crippen LogP contribution in [0.25, 0.3) is 0 Å². The fourth-order valence-corrected chi connectivity index (χ4v) is 3.28. The molecule has 0 saturated carbocycles. The Morgan fingerprint density at radius 3 is 2.13 bits per heavy atom. The van der Waals surface area contributed by atoms with Crippen molar-refractivity contribution in [1.82, 2.24) is 4.90 Å². The van der Waals surface area contributed by atoms with Crippen molar-refractivity contribution in [2.24, 2.45) is 5.92 Å². The smallest absolute Gasteiger partial charge is 0.416 e. The van der Waals surface area contributed by atoms with Crippen molar-refractivity contribution in [3.05, 3.63) is 59.7 Å². The largest absolute Gasteiger partial charge is 0.481 e. The number of aliphatic carboxylic acids is 1. The summed E-state index contributed by atoms with van der Waals surface area (Å²) in [5, 5.41) is 14.0. The monoisotopic (exact) mass is 435 g/mol. The Morgan fingerprint density at radius 2 is 1.55 bits per heavy atom. The third-order valence-electron chi connectivity index (χ3n) is 4.97. The summed E-state index contributed by atoms with van der Waals surface area (Å²) in [7, 11) is 0. The van der Waals surface area contributed by atoms with Crippen molar-refractivity contribution >= 4 is 29.3 Å². The minimum atomic E-state index is -4.46. The standard InChI is InChI=1S/C21H20F3N3O4/c22-21(23,24)15-4-6-16(7-5-15)25-20(31)26-17-3-1-2-14(12-17)18(28)27-10-8-13(9-11-27)19(29)30/h1-7,12-13H,8-11H2,(H,29,30)(H2,25,26,31). The van der Waals surface area contributed by atoms with Gasteiger partial charge in [-0.15, -0.1) is 0 Å². The molecule has 3 amide bonds. The molecule has 3 rings (SSSR count). The summed E-state index contributed by atoms with van der Waals surface area (Å²) in [6, 6.07) is 9.57. The molecule has 0 aromatic heterocycles. The molecule has 0 radical (unpaired) electrons. The molecule has 1 fully saturated rings. The van der Waals surface area contributed by atoms with E-state index in [1.807, 2.05) is 0 Å². The van der Waals surface area contributed by atoms with E-state index in [1.165, 1.54) is 6.07 Å². The van der Waals surface area contributed by atoms with E-state index < -0.39 is 29.7 Å². The molecule has 3 N–H and O–H groups in total. The number of nitrogens with one attached hydrogen (secondary N) is 2. The van der Waals surface area contributed by atoms with Gasteiger partial charge in [0.25, 0.3) is 5.91 Å². The van der Waals surface area contributed by atoms with E-state index in [9.17, 15) is 27.6 Å². The van der Waals surface area contributed by atoms with Gasteiger partial charge in [0, 0.05) is 30.0 Å². The highest BCUT2D eigenvalue weighted by molar-refractivity contribution is 6.01. The number of benzene rings is 2. The first kappa shape index (κ1) is 22.1. The van der Waals surface area contributed by atoms with Gasteiger partial charge in [-0.25, -0.2) is 4.79 Å². The normalized spacial score (nSPS) is 14.7. The van der Waals surface area contributed by atoms with Crippen molar-refractivity contribution < 1.29 is 32.7 Å². The lowest BCUT2D eigenvalue weighted by molar-refractivity contribution is -0.143. The Bertz CT molecular complexity index is 969. The van der Waals surface area contributed by atoms with Gasteiger partial charge in [0.05, 0.1) is 11.5 Å². The molecule has 0 spiro atoms. The van der Waals surface area contributed by atoms with E-state index in [-0.39, 0.29) is 11.6 Å². The zero-order valence-corrected chi connectivity index (χ0v) is 16.3. The van der Waals surface area contributed by atoms with Crippen LogP contribution in [0.2, 0.25) is 0 Å². The molecule has 2 aromatic rings. The van der Waals surface area contributed by atoms with Crippen LogP contribution in [-0.2, 0) is 11.0 Å². The van der Waals surface area contributed by atoms with E-state index in [0.717, 1.165) is 24.3 Å². The molecule has 7 nitrogen and oxygen atoms in total. The van der Waals surface area contributed by atoms with Gasteiger partial charge in [0.15, 0.2) is 0 Å². The van der Waals surface area contributed by atoms with Gasteiger partial charge in [-0.3, -0.25) is 9.59 Å². The lowest BCUT2D eigenvalue weighted by Crippen LogP contribution is -2.40. The van der Waals surface area contributed by atoms with Crippen LogP contribution in [0, 0.1) is 5.92 Å². The van der Waals surface area contributed by atoms with E-state index >= 15 is 0 Å². The van der Waals surface area contributed by atoms with E-state index in [0.29, 0.717) is 37.2 Å². The molecule has 1 saturated heterocycles. The maximum absolute atomic E-state index is 12.7. The van der Waals surface area contributed by atoms with Crippen molar-refractivity contribution in [2.75, 3.05) is 23.7 Å². The van der Waals surface area contributed by atoms with Crippen LogP contribution in [-0.4, -0.2) is 41.0 Å². The molecule has 0 unspecified atom stereocenters. The zero-order chi connectivity index (χ0) is 22.6.